The summed E-state index contributed by atoms with van der Waals surface area (Å²) < 4.78 is 6.24. The van der Waals surface area contributed by atoms with Crippen molar-refractivity contribution in [2.24, 2.45) is 0 Å². The van der Waals surface area contributed by atoms with Crippen molar-refractivity contribution in [2.45, 2.75) is 25.2 Å². The largest absolute Gasteiger partial charge is 0.480 e. The minimum absolute atomic E-state index is 0.121. The number of benzene rings is 1. The third kappa shape index (κ3) is 3.44. The van der Waals surface area contributed by atoms with Crippen LogP contribution in [0.2, 0.25) is 5.02 Å². The molecule has 0 saturated carbocycles. The fourth-order valence-electron chi connectivity index (χ4n) is 2.02. The lowest BCUT2D eigenvalue weighted by molar-refractivity contribution is -0.137. The molecule has 1 aliphatic rings. The van der Waals surface area contributed by atoms with Crippen LogP contribution in [-0.2, 0) is 4.79 Å². The number of amides is 1. The molecule has 3 atom stereocenters. The molecule has 1 heterocycles. The average molecular weight is 365 g/mol. The Balaban J connectivity index is 2.01. The predicted octanol–water partition coefficient (Wildman–Crippen LogP) is 1.43. The molecule has 1 aromatic rings. The van der Waals surface area contributed by atoms with Gasteiger partial charge in [-0.1, -0.05) is 11.6 Å². The lowest BCUT2D eigenvalue weighted by Gasteiger charge is -2.21. The van der Waals surface area contributed by atoms with Crippen molar-refractivity contribution in [1.29, 1.82) is 0 Å². The van der Waals surface area contributed by atoms with Gasteiger partial charge in [-0.2, -0.15) is 0 Å². The number of β-amino-alcohol motifs (C(OH)–C–C–N with tert-alkyl or cyclic N) is 2. The first kappa shape index (κ1) is 15.6. The third-order valence-corrected chi connectivity index (χ3v) is 3.97. The smallest absolute Gasteiger partial charge is 0.263 e. The monoisotopic (exact) mass is 363 g/mol. The Bertz CT molecular complexity index is 503. The number of likely N-dealkylation sites (tertiary alicyclic amines) is 1. The molecule has 7 heteroatoms. The van der Waals surface area contributed by atoms with Gasteiger partial charge in [0.15, 0.2) is 6.10 Å². The predicted molar refractivity (Wildman–Crippen MR) is 77.8 cm³/mol. The van der Waals surface area contributed by atoms with Crippen LogP contribution in [-0.4, -0.2) is 52.4 Å². The molecule has 0 spiro atoms. The number of aliphatic hydroxyl groups excluding tert-OH is 2. The van der Waals surface area contributed by atoms with Crippen LogP contribution in [0, 0.1) is 0 Å². The summed E-state index contributed by atoms with van der Waals surface area (Å²) in [5.74, 6) is 0.234. The van der Waals surface area contributed by atoms with Crippen LogP contribution in [0.5, 0.6) is 5.75 Å². The van der Waals surface area contributed by atoms with Gasteiger partial charge in [0, 0.05) is 18.1 Å². The summed E-state index contributed by atoms with van der Waals surface area (Å²) in [5.41, 5.74) is 0. The van der Waals surface area contributed by atoms with E-state index in [-0.39, 0.29) is 19.0 Å². The molecule has 5 nitrogen and oxygen atoms in total. The molecule has 0 bridgehead atoms. The number of ether oxygens (including phenoxy) is 1. The number of rotatable bonds is 3. The van der Waals surface area contributed by atoms with Gasteiger partial charge in [-0.25, -0.2) is 0 Å². The first-order valence-corrected chi connectivity index (χ1v) is 7.32. The fourth-order valence-corrected chi connectivity index (χ4v) is 2.79. The summed E-state index contributed by atoms with van der Waals surface area (Å²) in [7, 11) is 0. The van der Waals surface area contributed by atoms with E-state index < -0.39 is 18.3 Å². The quantitative estimate of drug-likeness (QED) is 0.851. The van der Waals surface area contributed by atoms with E-state index in [2.05, 4.69) is 15.9 Å². The molecule has 1 saturated heterocycles. The second-order valence-corrected chi connectivity index (χ2v) is 6.00. The molecular formula is C13H15BrClNO4. The molecule has 1 fully saturated rings. The van der Waals surface area contributed by atoms with Gasteiger partial charge in [0.05, 0.1) is 16.7 Å². The number of hydrogen-bond acceptors (Lipinski definition) is 4. The maximum absolute atomic E-state index is 12.2. The highest BCUT2D eigenvalue weighted by Crippen LogP contribution is 2.29. The SMILES string of the molecule is CC(Oc1ccc(Cl)cc1Br)C(=O)N1CC(O)C(O)C1. The Morgan fingerprint density at radius 1 is 1.45 bits per heavy atom. The minimum atomic E-state index is -0.895. The van der Waals surface area contributed by atoms with E-state index in [1.807, 2.05) is 0 Å². The van der Waals surface area contributed by atoms with E-state index in [1.165, 1.54) is 4.90 Å². The lowest BCUT2D eigenvalue weighted by atomic mass is 10.3. The average Bonchev–Trinajstić information content (AvgIpc) is 2.72. The van der Waals surface area contributed by atoms with Gasteiger partial charge in [0.25, 0.3) is 5.91 Å². The summed E-state index contributed by atoms with van der Waals surface area (Å²) in [4.78, 5) is 13.5. The van der Waals surface area contributed by atoms with Gasteiger partial charge in [-0.15, -0.1) is 0 Å². The van der Waals surface area contributed by atoms with Crippen LogP contribution >= 0.6 is 27.5 Å². The van der Waals surface area contributed by atoms with Crippen molar-refractivity contribution < 1.29 is 19.7 Å². The van der Waals surface area contributed by atoms with Gasteiger partial charge in [0.1, 0.15) is 5.75 Å². The Morgan fingerprint density at radius 2 is 2.05 bits per heavy atom. The van der Waals surface area contributed by atoms with Crippen LogP contribution in [0.3, 0.4) is 0 Å². The summed E-state index contributed by atoms with van der Waals surface area (Å²) in [6, 6.07) is 5.02. The first-order valence-electron chi connectivity index (χ1n) is 6.15. The molecule has 1 aromatic carbocycles. The molecule has 0 aromatic heterocycles. The van der Waals surface area contributed by atoms with Gasteiger partial charge >= 0.3 is 0 Å². The molecule has 0 aliphatic carbocycles. The molecular weight excluding hydrogens is 350 g/mol. The number of halogens is 2. The van der Waals surface area contributed by atoms with Crippen LogP contribution in [0.15, 0.2) is 22.7 Å². The maximum Gasteiger partial charge on any atom is 0.263 e. The number of carbonyl (C=O) groups is 1. The molecule has 3 unspecified atom stereocenters. The molecule has 2 rings (SSSR count). The first-order chi connectivity index (χ1) is 9.38. The van der Waals surface area contributed by atoms with Gasteiger partial charge in [0.2, 0.25) is 0 Å². The summed E-state index contributed by atoms with van der Waals surface area (Å²) in [6.07, 6.45) is -2.51. The highest BCUT2D eigenvalue weighted by atomic mass is 79.9. The Hall–Kier alpha value is -0.820. The van der Waals surface area contributed by atoms with Crippen LogP contribution < -0.4 is 4.74 Å². The number of aliphatic hydroxyl groups is 2. The highest BCUT2D eigenvalue weighted by molar-refractivity contribution is 9.10. The standard InChI is InChI=1S/C13H15BrClNO4/c1-7(13(19)16-5-10(17)11(18)6-16)20-12-3-2-8(15)4-9(12)14/h2-4,7,10-11,17-18H,5-6H2,1H3. The zero-order valence-corrected chi connectivity index (χ0v) is 13.1. The Kier molecular flexibility index (Phi) is 4.90. The Labute approximate surface area is 130 Å². The highest BCUT2D eigenvalue weighted by Gasteiger charge is 2.35. The second kappa shape index (κ2) is 6.30. The summed E-state index contributed by atoms with van der Waals surface area (Å²) >= 11 is 9.15. The molecule has 1 amide bonds. The van der Waals surface area contributed by atoms with E-state index in [0.29, 0.717) is 15.2 Å². The van der Waals surface area contributed by atoms with E-state index in [4.69, 9.17) is 16.3 Å². The van der Waals surface area contributed by atoms with E-state index >= 15 is 0 Å². The van der Waals surface area contributed by atoms with Crippen LogP contribution in [0.1, 0.15) is 6.92 Å². The van der Waals surface area contributed by atoms with E-state index in [9.17, 15) is 15.0 Å². The maximum atomic E-state index is 12.2. The molecule has 2 N–H and O–H groups in total. The van der Waals surface area contributed by atoms with Crippen molar-refractivity contribution in [3.05, 3.63) is 27.7 Å². The van der Waals surface area contributed by atoms with E-state index in [1.54, 1.807) is 25.1 Å². The van der Waals surface area contributed by atoms with Gasteiger partial charge < -0.3 is 19.8 Å². The number of hydrogen-bond donors (Lipinski definition) is 2. The summed E-state index contributed by atoms with van der Waals surface area (Å²) in [6.45, 7) is 1.87. The number of nitrogens with zero attached hydrogens (tertiary/aromatic N) is 1. The summed E-state index contributed by atoms with van der Waals surface area (Å²) in [5, 5.41) is 19.5. The minimum Gasteiger partial charge on any atom is -0.480 e. The van der Waals surface area contributed by atoms with Crippen molar-refractivity contribution in [1.82, 2.24) is 4.90 Å². The number of carbonyl (C=O) groups excluding carboxylic acids is 1. The molecule has 110 valence electrons. The van der Waals surface area contributed by atoms with Crippen molar-refractivity contribution in [2.75, 3.05) is 13.1 Å². The van der Waals surface area contributed by atoms with Gasteiger partial charge in [-0.3, -0.25) is 4.79 Å². The lowest BCUT2D eigenvalue weighted by Crippen LogP contribution is -2.39. The second-order valence-electron chi connectivity index (χ2n) is 4.71. The van der Waals surface area contributed by atoms with E-state index in [0.717, 1.165) is 0 Å². The topological polar surface area (TPSA) is 70.0 Å². The van der Waals surface area contributed by atoms with Crippen molar-refractivity contribution in [3.63, 3.8) is 0 Å². The third-order valence-electron chi connectivity index (χ3n) is 3.12. The van der Waals surface area contributed by atoms with Crippen molar-refractivity contribution >= 4 is 33.4 Å². The molecule has 0 radical (unpaired) electrons. The zero-order chi connectivity index (χ0) is 14.9. The fraction of sp³-hybridized carbons (Fsp3) is 0.462. The molecule has 1 aliphatic heterocycles. The Morgan fingerprint density at radius 3 is 2.60 bits per heavy atom. The van der Waals surface area contributed by atoms with Crippen molar-refractivity contribution in [3.8, 4) is 5.75 Å². The molecule has 20 heavy (non-hydrogen) atoms. The van der Waals surface area contributed by atoms with Crippen LogP contribution in [0.4, 0.5) is 0 Å². The van der Waals surface area contributed by atoms with Crippen LogP contribution in [0.25, 0.3) is 0 Å². The zero-order valence-electron chi connectivity index (χ0n) is 10.8. The van der Waals surface area contributed by atoms with Gasteiger partial charge in [-0.05, 0) is 41.1 Å². The normalized spacial score (nSPS) is 23.8.